The van der Waals surface area contributed by atoms with Crippen LogP contribution in [0.4, 0.5) is 26.3 Å². The highest BCUT2D eigenvalue weighted by Gasteiger charge is 2.39. The molecule has 0 spiro atoms. The molecule has 0 bridgehead atoms. The van der Waals surface area contributed by atoms with E-state index in [1.165, 1.54) is 11.3 Å². The molecular formula is C24H31F6N3O7. The molecule has 1 saturated heterocycles. The Bertz CT molecular complexity index is 1070. The molecule has 0 radical (unpaired) electrons. The van der Waals surface area contributed by atoms with Gasteiger partial charge in [-0.3, -0.25) is 9.58 Å². The summed E-state index contributed by atoms with van der Waals surface area (Å²) >= 11 is 0. The maximum absolute atomic E-state index is 10.6. The quantitative estimate of drug-likeness (QED) is 0.478. The van der Waals surface area contributed by atoms with E-state index in [0.717, 1.165) is 70.4 Å². The van der Waals surface area contributed by atoms with Gasteiger partial charge >= 0.3 is 24.3 Å². The first-order valence-corrected chi connectivity index (χ1v) is 12.1. The van der Waals surface area contributed by atoms with Crippen LogP contribution in [0.5, 0.6) is 0 Å². The largest absolute Gasteiger partial charge is 0.490 e. The van der Waals surface area contributed by atoms with E-state index in [1.807, 2.05) is 13.0 Å². The lowest BCUT2D eigenvalue weighted by atomic mass is 9.95. The Morgan fingerprint density at radius 3 is 2.12 bits per heavy atom. The SMILES string of the molecule is COCC1CN(Cc2ccc(C)o2)Cc2cnn(CC3CCOCC3)c21.O=C(O)C(F)(F)F.O=C(O)C(F)(F)F. The van der Waals surface area contributed by atoms with Gasteiger partial charge in [0, 0.05) is 57.1 Å². The van der Waals surface area contributed by atoms with Gasteiger partial charge in [0.2, 0.25) is 0 Å². The second-order valence-electron chi connectivity index (χ2n) is 9.23. The van der Waals surface area contributed by atoms with Gasteiger partial charge in [-0.1, -0.05) is 0 Å². The number of halogens is 6. The van der Waals surface area contributed by atoms with Crippen molar-refractivity contribution < 1.29 is 60.0 Å². The average molecular weight is 588 g/mol. The van der Waals surface area contributed by atoms with Crippen LogP contribution in [0.1, 0.15) is 41.5 Å². The zero-order valence-electron chi connectivity index (χ0n) is 21.8. The summed E-state index contributed by atoms with van der Waals surface area (Å²) in [5, 5.41) is 19.0. The number of rotatable bonds is 6. The van der Waals surface area contributed by atoms with Crippen molar-refractivity contribution in [2.45, 2.75) is 57.7 Å². The molecule has 0 amide bonds. The number of aliphatic carboxylic acids is 2. The van der Waals surface area contributed by atoms with Crippen LogP contribution in [-0.4, -0.2) is 82.7 Å². The van der Waals surface area contributed by atoms with Gasteiger partial charge in [-0.2, -0.15) is 31.4 Å². The number of alkyl halides is 6. The summed E-state index contributed by atoms with van der Waals surface area (Å²) in [5.74, 6) is -2.51. The first kappa shape index (κ1) is 33.1. The van der Waals surface area contributed by atoms with Crippen LogP contribution in [0, 0.1) is 12.8 Å². The number of hydrogen-bond acceptors (Lipinski definition) is 7. The summed E-state index contributed by atoms with van der Waals surface area (Å²) in [6.07, 6.45) is -5.85. The monoisotopic (exact) mass is 587 g/mol. The fraction of sp³-hybridized carbons (Fsp3) is 0.625. The average Bonchev–Trinajstić information content (AvgIpc) is 3.45. The van der Waals surface area contributed by atoms with E-state index in [4.69, 9.17) is 38.8 Å². The molecule has 4 rings (SSSR count). The molecule has 2 aliphatic heterocycles. The summed E-state index contributed by atoms with van der Waals surface area (Å²) < 4.78 is 82.5. The lowest BCUT2D eigenvalue weighted by Crippen LogP contribution is -2.36. The predicted molar refractivity (Wildman–Crippen MR) is 125 cm³/mol. The van der Waals surface area contributed by atoms with E-state index in [2.05, 4.69) is 21.8 Å². The van der Waals surface area contributed by atoms with Crippen LogP contribution in [0.3, 0.4) is 0 Å². The predicted octanol–water partition coefficient (Wildman–Crippen LogP) is 4.22. The number of furan rings is 1. The zero-order chi connectivity index (χ0) is 30.1. The van der Waals surface area contributed by atoms with Crippen molar-refractivity contribution in [3.63, 3.8) is 0 Å². The molecular weight excluding hydrogens is 556 g/mol. The molecule has 1 atom stereocenters. The number of aromatic nitrogens is 2. The van der Waals surface area contributed by atoms with E-state index >= 15 is 0 Å². The van der Waals surface area contributed by atoms with Crippen LogP contribution in [-0.2, 0) is 38.7 Å². The van der Waals surface area contributed by atoms with Crippen molar-refractivity contribution in [3.8, 4) is 0 Å². The Kier molecular flexibility index (Phi) is 12.0. The zero-order valence-corrected chi connectivity index (χ0v) is 21.8. The Morgan fingerprint density at radius 1 is 1.07 bits per heavy atom. The lowest BCUT2D eigenvalue weighted by molar-refractivity contribution is -0.193. The highest BCUT2D eigenvalue weighted by atomic mass is 19.4. The third kappa shape index (κ3) is 10.5. The number of methoxy groups -OCH3 is 1. The van der Waals surface area contributed by atoms with E-state index in [9.17, 15) is 26.3 Å². The number of nitrogens with zero attached hydrogens (tertiary/aromatic N) is 3. The van der Waals surface area contributed by atoms with Gasteiger partial charge in [0.05, 0.1) is 19.3 Å². The van der Waals surface area contributed by atoms with Crippen molar-refractivity contribution in [1.82, 2.24) is 14.7 Å². The number of hydrogen-bond donors (Lipinski definition) is 2. The van der Waals surface area contributed by atoms with Crippen LogP contribution >= 0.6 is 0 Å². The second-order valence-corrected chi connectivity index (χ2v) is 9.23. The van der Waals surface area contributed by atoms with Gasteiger partial charge < -0.3 is 24.1 Å². The van der Waals surface area contributed by atoms with Crippen molar-refractivity contribution in [2.24, 2.45) is 5.92 Å². The highest BCUT2D eigenvalue weighted by Crippen LogP contribution is 2.31. The Morgan fingerprint density at radius 2 is 1.65 bits per heavy atom. The maximum atomic E-state index is 10.6. The molecule has 1 unspecified atom stereocenters. The van der Waals surface area contributed by atoms with Gasteiger partial charge in [0.15, 0.2) is 0 Å². The molecule has 0 aromatic carbocycles. The smallest absolute Gasteiger partial charge is 0.475 e. The van der Waals surface area contributed by atoms with E-state index < -0.39 is 24.3 Å². The highest BCUT2D eigenvalue weighted by molar-refractivity contribution is 5.73. The van der Waals surface area contributed by atoms with Crippen molar-refractivity contribution in [2.75, 3.05) is 33.5 Å². The molecule has 2 aromatic rings. The number of fused-ring (bicyclic) bond motifs is 1. The molecule has 0 saturated carbocycles. The number of carboxylic acids is 2. The molecule has 2 aliphatic rings. The first-order chi connectivity index (χ1) is 18.6. The molecule has 2 N–H and O–H groups in total. The molecule has 0 aliphatic carbocycles. The molecule has 4 heterocycles. The van der Waals surface area contributed by atoms with Crippen molar-refractivity contribution in [3.05, 3.63) is 41.1 Å². The molecule has 10 nitrogen and oxygen atoms in total. The third-order valence-corrected chi connectivity index (χ3v) is 6.02. The van der Waals surface area contributed by atoms with Gasteiger partial charge in [0.25, 0.3) is 0 Å². The molecule has 226 valence electrons. The van der Waals surface area contributed by atoms with Gasteiger partial charge in [0.1, 0.15) is 11.5 Å². The summed E-state index contributed by atoms with van der Waals surface area (Å²) in [4.78, 5) is 20.2. The standard InChI is InChI=1S/C20H29N3O3.2C2HF3O2/c1-15-3-4-19(26-15)13-22-11-17-9-21-23(10-16-5-7-25-8-6-16)20(17)18(12-22)14-24-2;2*3-2(4,5)1(6)7/h3-4,9,16,18H,5-8,10-14H2,1-2H3;2*(H,6,7). The molecule has 16 heteroatoms. The van der Waals surface area contributed by atoms with Gasteiger partial charge in [-0.25, -0.2) is 9.59 Å². The Labute approximate surface area is 225 Å². The fourth-order valence-electron chi connectivity index (χ4n) is 4.29. The Balaban J connectivity index is 0.000000333. The summed E-state index contributed by atoms with van der Waals surface area (Å²) in [7, 11) is 1.79. The van der Waals surface area contributed by atoms with Gasteiger partial charge in [-0.05, 0) is 37.8 Å². The molecule has 40 heavy (non-hydrogen) atoms. The van der Waals surface area contributed by atoms with Crippen LogP contribution in [0.2, 0.25) is 0 Å². The normalized spacial score (nSPS) is 18.1. The van der Waals surface area contributed by atoms with Crippen molar-refractivity contribution >= 4 is 11.9 Å². The fourth-order valence-corrected chi connectivity index (χ4v) is 4.29. The van der Waals surface area contributed by atoms with E-state index in [-0.39, 0.29) is 0 Å². The minimum absolute atomic E-state index is 0.349. The number of ether oxygens (including phenoxy) is 2. The number of aryl methyl sites for hydroxylation is 1. The maximum Gasteiger partial charge on any atom is 0.490 e. The van der Waals surface area contributed by atoms with Crippen LogP contribution in [0.15, 0.2) is 22.7 Å². The number of carboxylic acid groups (broad SMARTS) is 2. The Hall–Kier alpha value is -3.11. The van der Waals surface area contributed by atoms with Crippen LogP contribution < -0.4 is 0 Å². The van der Waals surface area contributed by atoms with Crippen molar-refractivity contribution in [1.29, 1.82) is 0 Å². The topological polar surface area (TPSA) is 127 Å². The summed E-state index contributed by atoms with van der Waals surface area (Å²) in [6.45, 7) is 8.20. The molecule has 1 fully saturated rings. The lowest BCUT2D eigenvalue weighted by Gasteiger charge is -2.33. The second kappa shape index (κ2) is 14.5. The van der Waals surface area contributed by atoms with Crippen LogP contribution in [0.25, 0.3) is 0 Å². The number of carbonyl (C=O) groups is 2. The van der Waals surface area contributed by atoms with Gasteiger partial charge in [-0.15, -0.1) is 0 Å². The minimum atomic E-state index is -5.08. The summed E-state index contributed by atoms with van der Waals surface area (Å²) in [5.41, 5.74) is 2.69. The summed E-state index contributed by atoms with van der Waals surface area (Å²) in [6, 6.07) is 4.11. The first-order valence-electron chi connectivity index (χ1n) is 12.1. The van der Waals surface area contributed by atoms with E-state index in [1.54, 1.807) is 7.11 Å². The van der Waals surface area contributed by atoms with E-state index in [0.29, 0.717) is 11.8 Å². The third-order valence-electron chi connectivity index (χ3n) is 6.02. The molecule has 2 aromatic heterocycles. The minimum Gasteiger partial charge on any atom is -0.475 e.